The van der Waals surface area contributed by atoms with Crippen molar-refractivity contribution < 1.29 is 9.84 Å². The fourth-order valence-electron chi connectivity index (χ4n) is 1.25. The van der Waals surface area contributed by atoms with Gasteiger partial charge in [-0.2, -0.15) is 0 Å². The Morgan fingerprint density at radius 2 is 1.82 bits per heavy atom. The van der Waals surface area contributed by atoms with Crippen molar-refractivity contribution in [2.75, 3.05) is 19.8 Å². The molecule has 0 aromatic heterocycles. The molecule has 0 aliphatic carbocycles. The molecule has 0 spiro atoms. The molecule has 0 bridgehead atoms. The lowest BCUT2D eigenvalue weighted by Crippen LogP contribution is -2.44. The first-order valence-corrected chi connectivity index (χ1v) is 5.59. The van der Waals surface area contributed by atoms with E-state index in [4.69, 9.17) is 9.84 Å². The van der Waals surface area contributed by atoms with E-state index in [9.17, 15) is 0 Å². The number of hydrogen-bond donors (Lipinski definition) is 2. The molecular formula is C13H22ClNO2. The molecule has 2 N–H and O–H groups in total. The summed E-state index contributed by atoms with van der Waals surface area (Å²) in [6.07, 6.45) is 0. The third-order valence-corrected chi connectivity index (χ3v) is 2.39. The lowest BCUT2D eigenvalue weighted by molar-refractivity contribution is 0.180. The van der Waals surface area contributed by atoms with Gasteiger partial charge in [0.15, 0.2) is 0 Å². The van der Waals surface area contributed by atoms with Gasteiger partial charge in [-0.25, -0.2) is 0 Å². The van der Waals surface area contributed by atoms with E-state index in [1.54, 1.807) is 0 Å². The van der Waals surface area contributed by atoms with Crippen LogP contribution in [-0.2, 0) is 0 Å². The van der Waals surface area contributed by atoms with Crippen LogP contribution in [0.3, 0.4) is 0 Å². The second kappa shape index (κ2) is 7.54. The standard InChI is InChI=1S/C13H21NO2.ClH/c1-11-4-6-12(7-5-11)16-9-8-14-13(2,3)10-15;/h4-7,14-15H,8-10H2,1-3H3;1H. The van der Waals surface area contributed by atoms with Gasteiger partial charge in [0.2, 0.25) is 0 Å². The Morgan fingerprint density at radius 1 is 1.24 bits per heavy atom. The molecule has 0 unspecified atom stereocenters. The average molecular weight is 260 g/mol. The van der Waals surface area contributed by atoms with Crippen LogP contribution in [0.4, 0.5) is 0 Å². The summed E-state index contributed by atoms with van der Waals surface area (Å²) >= 11 is 0. The van der Waals surface area contributed by atoms with Gasteiger partial charge >= 0.3 is 0 Å². The molecule has 0 atom stereocenters. The lowest BCUT2D eigenvalue weighted by Gasteiger charge is -2.23. The molecule has 0 fully saturated rings. The maximum atomic E-state index is 9.04. The van der Waals surface area contributed by atoms with E-state index < -0.39 is 0 Å². The van der Waals surface area contributed by atoms with Gasteiger partial charge in [0.05, 0.1) is 6.61 Å². The molecule has 0 aliphatic rings. The van der Waals surface area contributed by atoms with Gasteiger partial charge in [-0.3, -0.25) is 0 Å². The SMILES string of the molecule is Cc1ccc(OCCNC(C)(C)CO)cc1.Cl. The van der Waals surface area contributed by atoms with Crippen LogP contribution in [-0.4, -0.2) is 30.4 Å². The van der Waals surface area contributed by atoms with Gasteiger partial charge < -0.3 is 15.2 Å². The topological polar surface area (TPSA) is 41.5 Å². The van der Waals surface area contributed by atoms with Crippen molar-refractivity contribution in [1.29, 1.82) is 0 Å². The summed E-state index contributed by atoms with van der Waals surface area (Å²) in [6.45, 7) is 7.41. The number of halogens is 1. The van der Waals surface area contributed by atoms with Gasteiger partial charge in [0, 0.05) is 12.1 Å². The molecule has 0 radical (unpaired) electrons. The molecule has 0 heterocycles. The van der Waals surface area contributed by atoms with E-state index in [0.29, 0.717) is 6.61 Å². The van der Waals surface area contributed by atoms with Crippen molar-refractivity contribution in [1.82, 2.24) is 5.32 Å². The van der Waals surface area contributed by atoms with Gasteiger partial charge in [0.25, 0.3) is 0 Å². The number of ether oxygens (including phenoxy) is 1. The highest BCUT2D eigenvalue weighted by atomic mass is 35.5. The summed E-state index contributed by atoms with van der Waals surface area (Å²) in [5.41, 5.74) is 0.989. The highest BCUT2D eigenvalue weighted by Gasteiger charge is 2.14. The van der Waals surface area contributed by atoms with E-state index in [0.717, 1.165) is 12.3 Å². The molecule has 0 aliphatic heterocycles. The maximum absolute atomic E-state index is 9.04. The molecular weight excluding hydrogens is 238 g/mol. The van der Waals surface area contributed by atoms with Gasteiger partial charge in [0.1, 0.15) is 12.4 Å². The molecule has 3 nitrogen and oxygen atoms in total. The minimum absolute atomic E-state index is 0. The Morgan fingerprint density at radius 3 is 2.35 bits per heavy atom. The van der Waals surface area contributed by atoms with Crippen molar-refractivity contribution in [2.45, 2.75) is 26.3 Å². The minimum Gasteiger partial charge on any atom is -0.492 e. The highest BCUT2D eigenvalue weighted by molar-refractivity contribution is 5.85. The molecule has 1 aromatic rings. The number of aliphatic hydroxyl groups excluding tert-OH is 1. The lowest BCUT2D eigenvalue weighted by atomic mass is 10.1. The quantitative estimate of drug-likeness (QED) is 0.770. The van der Waals surface area contributed by atoms with E-state index in [2.05, 4.69) is 12.2 Å². The van der Waals surface area contributed by atoms with Crippen molar-refractivity contribution in [3.05, 3.63) is 29.8 Å². The minimum atomic E-state index is -0.239. The number of nitrogens with one attached hydrogen (secondary N) is 1. The summed E-state index contributed by atoms with van der Waals surface area (Å²) < 4.78 is 5.56. The number of aliphatic hydroxyl groups is 1. The fourth-order valence-corrected chi connectivity index (χ4v) is 1.25. The Labute approximate surface area is 110 Å². The largest absolute Gasteiger partial charge is 0.492 e. The van der Waals surface area contributed by atoms with Crippen molar-refractivity contribution in [3.63, 3.8) is 0 Å². The predicted molar refractivity (Wildman–Crippen MR) is 73.1 cm³/mol. The molecule has 0 amide bonds. The normalized spacial score (nSPS) is 10.8. The highest BCUT2D eigenvalue weighted by Crippen LogP contribution is 2.10. The molecule has 1 rings (SSSR count). The molecule has 4 heteroatoms. The monoisotopic (exact) mass is 259 g/mol. The summed E-state index contributed by atoms with van der Waals surface area (Å²) in [5, 5.41) is 12.3. The second-order valence-electron chi connectivity index (χ2n) is 4.63. The Bertz CT molecular complexity index is 312. The van der Waals surface area contributed by atoms with E-state index in [-0.39, 0.29) is 24.6 Å². The first-order valence-electron chi connectivity index (χ1n) is 5.59. The third-order valence-electron chi connectivity index (χ3n) is 2.39. The zero-order chi connectivity index (χ0) is 12.0. The Kier molecular flexibility index (Phi) is 7.19. The second-order valence-corrected chi connectivity index (χ2v) is 4.63. The molecule has 98 valence electrons. The van der Waals surface area contributed by atoms with Crippen molar-refractivity contribution in [3.8, 4) is 5.75 Å². The molecule has 0 saturated heterocycles. The van der Waals surface area contributed by atoms with Gasteiger partial charge in [-0.15, -0.1) is 12.4 Å². The first-order chi connectivity index (χ1) is 7.53. The third kappa shape index (κ3) is 6.51. The summed E-state index contributed by atoms with van der Waals surface area (Å²) in [6, 6.07) is 7.99. The van der Waals surface area contributed by atoms with Crippen LogP contribution in [0.15, 0.2) is 24.3 Å². The molecule has 1 aromatic carbocycles. The summed E-state index contributed by atoms with van der Waals surface area (Å²) in [7, 11) is 0. The number of aryl methyl sites for hydroxylation is 1. The fraction of sp³-hybridized carbons (Fsp3) is 0.538. The predicted octanol–water partition coefficient (Wildman–Crippen LogP) is 2.16. The molecule has 17 heavy (non-hydrogen) atoms. The van der Waals surface area contributed by atoms with E-state index in [1.165, 1.54) is 5.56 Å². The smallest absolute Gasteiger partial charge is 0.119 e. The van der Waals surface area contributed by atoms with Crippen LogP contribution in [0.5, 0.6) is 5.75 Å². The van der Waals surface area contributed by atoms with Gasteiger partial charge in [-0.1, -0.05) is 17.7 Å². The first kappa shape index (κ1) is 16.2. The summed E-state index contributed by atoms with van der Waals surface area (Å²) in [5.74, 6) is 0.884. The van der Waals surface area contributed by atoms with E-state index >= 15 is 0 Å². The van der Waals surface area contributed by atoms with Crippen LogP contribution in [0.2, 0.25) is 0 Å². The Hall–Kier alpha value is -0.770. The van der Waals surface area contributed by atoms with Crippen molar-refractivity contribution >= 4 is 12.4 Å². The number of rotatable bonds is 6. The Balaban J connectivity index is 0.00000256. The van der Waals surface area contributed by atoms with Crippen LogP contribution in [0.25, 0.3) is 0 Å². The van der Waals surface area contributed by atoms with E-state index in [1.807, 2.05) is 38.1 Å². The van der Waals surface area contributed by atoms with Crippen LogP contribution in [0, 0.1) is 6.92 Å². The zero-order valence-electron chi connectivity index (χ0n) is 10.7. The van der Waals surface area contributed by atoms with Crippen LogP contribution < -0.4 is 10.1 Å². The molecule has 0 saturated carbocycles. The van der Waals surface area contributed by atoms with Crippen molar-refractivity contribution in [2.24, 2.45) is 0 Å². The van der Waals surface area contributed by atoms with Crippen LogP contribution >= 0.6 is 12.4 Å². The average Bonchev–Trinajstić information content (AvgIpc) is 2.27. The van der Waals surface area contributed by atoms with Gasteiger partial charge in [-0.05, 0) is 32.9 Å². The number of benzene rings is 1. The maximum Gasteiger partial charge on any atom is 0.119 e. The summed E-state index contributed by atoms with van der Waals surface area (Å²) in [4.78, 5) is 0. The number of hydrogen-bond acceptors (Lipinski definition) is 3. The zero-order valence-corrected chi connectivity index (χ0v) is 11.5. The van der Waals surface area contributed by atoms with Crippen LogP contribution in [0.1, 0.15) is 19.4 Å².